The van der Waals surface area contributed by atoms with Gasteiger partial charge < -0.3 is 5.21 Å². The number of quaternary nitrogens is 1. The molecule has 2 nitrogen and oxygen atoms in total. The van der Waals surface area contributed by atoms with Gasteiger partial charge in [0.05, 0.1) is 0 Å². The molecule has 1 unspecified atom stereocenters. The van der Waals surface area contributed by atoms with Crippen LogP contribution in [-0.2, 0) is 0 Å². The van der Waals surface area contributed by atoms with Gasteiger partial charge in [-0.1, -0.05) is 12.2 Å². The van der Waals surface area contributed by atoms with E-state index in [0.29, 0.717) is 6.54 Å². The number of rotatable bonds is 0. The molecule has 0 aromatic rings. The maximum Gasteiger partial charge on any atom is 0.137 e. The molecule has 56 valence electrons. The van der Waals surface area contributed by atoms with Crippen LogP contribution in [0.25, 0.3) is 0 Å². The van der Waals surface area contributed by atoms with Crippen LogP contribution in [0.1, 0.15) is 0 Å². The Kier molecular flexibility index (Phi) is 1.31. The Morgan fingerprint density at radius 1 is 1.27 bits per heavy atom. The van der Waals surface area contributed by atoms with Gasteiger partial charge in [0.15, 0.2) is 0 Å². The average molecular weight is 147 g/mol. The highest BCUT2D eigenvalue weighted by molar-refractivity contribution is 5.27. The monoisotopic (exact) mass is 147 g/mol. The molecule has 0 amide bonds. The summed E-state index contributed by atoms with van der Waals surface area (Å²) in [7, 11) is 0. The molecule has 0 N–H and O–H groups in total. The van der Waals surface area contributed by atoms with E-state index < -0.39 is 0 Å². The van der Waals surface area contributed by atoms with Crippen LogP contribution >= 0.6 is 0 Å². The third-order valence-corrected chi connectivity index (χ3v) is 1.92. The normalized spacial score (nSPS) is 33.4. The minimum absolute atomic E-state index is 0.326. The lowest BCUT2D eigenvalue weighted by atomic mass is 10.2. The van der Waals surface area contributed by atoms with Gasteiger partial charge in [0, 0.05) is 6.08 Å². The van der Waals surface area contributed by atoms with Gasteiger partial charge in [0.25, 0.3) is 0 Å². The summed E-state index contributed by atoms with van der Waals surface area (Å²) < 4.78 is -0.326. The van der Waals surface area contributed by atoms with E-state index in [4.69, 9.17) is 0 Å². The minimum Gasteiger partial charge on any atom is -0.622 e. The molecule has 2 rings (SSSR count). The van der Waals surface area contributed by atoms with Gasteiger partial charge in [-0.15, -0.1) is 0 Å². The van der Waals surface area contributed by atoms with Crippen molar-refractivity contribution in [3.8, 4) is 0 Å². The molecule has 0 saturated carbocycles. The fourth-order valence-corrected chi connectivity index (χ4v) is 1.29. The van der Waals surface area contributed by atoms with E-state index in [0.717, 1.165) is 5.70 Å². The van der Waals surface area contributed by atoms with Crippen LogP contribution in [0, 0.1) is 5.21 Å². The lowest BCUT2D eigenvalue weighted by Gasteiger charge is -2.40. The Bertz CT molecular complexity index is 286. The lowest BCUT2D eigenvalue weighted by molar-refractivity contribution is -0.780. The summed E-state index contributed by atoms with van der Waals surface area (Å²) in [6.07, 6.45) is 12.9. The van der Waals surface area contributed by atoms with E-state index in [1.807, 2.05) is 30.4 Å². The van der Waals surface area contributed by atoms with Crippen molar-refractivity contribution in [2.45, 2.75) is 0 Å². The molecule has 0 fully saturated rings. The smallest absolute Gasteiger partial charge is 0.137 e. The molecular formula is C9H9NO. The van der Waals surface area contributed by atoms with Crippen molar-refractivity contribution in [3.05, 3.63) is 53.6 Å². The summed E-state index contributed by atoms with van der Waals surface area (Å²) in [5, 5.41) is 11.8. The van der Waals surface area contributed by atoms with Crippen LogP contribution in [0.2, 0.25) is 0 Å². The van der Waals surface area contributed by atoms with Crippen molar-refractivity contribution in [1.82, 2.24) is 0 Å². The van der Waals surface area contributed by atoms with Crippen molar-refractivity contribution in [2.75, 3.05) is 6.54 Å². The Hall–Kier alpha value is -1.12. The molecule has 2 heteroatoms. The summed E-state index contributed by atoms with van der Waals surface area (Å²) in [6.45, 7) is 0.521. The Morgan fingerprint density at radius 2 is 2.18 bits per heavy atom. The average Bonchev–Trinajstić information content (AvgIpc) is 2.03. The summed E-state index contributed by atoms with van der Waals surface area (Å²) in [5.41, 5.74) is 0.815. The predicted octanol–water partition coefficient (Wildman–Crippen LogP) is 1.84. The number of allylic oxidation sites excluding steroid dienone is 5. The zero-order chi connectivity index (χ0) is 7.73. The Morgan fingerprint density at radius 3 is 3.00 bits per heavy atom. The summed E-state index contributed by atoms with van der Waals surface area (Å²) in [4.78, 5) is 0. The van der Waals surface area contributed by atoms with Gasteiger partial charge >= 0.3 is 0 Å². The van der Waals surface area contributed by atoms with E-state index in [9.17, 15) is 5.21 Å². The van der Waals surface area contributed by atoms with Crippen LogP contribution in [0.5, 0.6) is 0 Å². The molecule has 11 heavy (non-hydrogen) atoms. The number of nitrogens with zero attached hydrogens (tertiary/aromatic N) is 1. The first kappa shape index (κ1) is 6.58. The van der Waals surface area contributed by atoms with Gasteiger partial charge in [0.2, 0.25) is 0 Å². The van der Waals surface area contributed by atoms with Crippen LogP contribution in [0.15, 0.2) is 48.4 Å². The van der Waals surface area contributed by atoms with Gasteiger partial charge in [0.1, 0.15) is 18.4 Å². The van der Waals surface area contributed by atoms with Gasteiger partial charge in [-0.05, 0) is 18.2 Å². The molecule has 0 radical (unpaired) electrons. The quantitative estimate of drug-likeness (QED) is 0.378. The SMILES string of the molecule is [O-][N+]12C=CC=CC1=CC=CC2. The first-order chi connectivity index (χ1) is 5.31. The highest BCUT2D eigenvalue weighted by atomic mass is 16.5. The van der Waals surface area contributed by atoms with Crippen molar-refractivity contribution < 1.29 is 4.65 Å². The molecule has 0 aromatic carbocycles. The molecule has 0 spiro atoms. The van der Waals surface area contributed by atoms with Gasteiger partial charge in [-0.25, -0.2) is 0 Å². The molecule has 0 aliphatic carbocycles. The largest absolute Gasteiger partial charge is 0.622 e. The Labute approximate surface area is 65.6 Å². The maximum atomic E-state index is 11.8. The van der Waals surface area contributed by atoms with Crippen molar-refractivity contribution in [1.29, 1.82) is 0 Å². The molecular weight excluding hydrogens is 138 g/mol. The molecule has 0 bridgehead atoms. The van der Waals surface area contributed by atoms with Crippen molar-refractivity contribution in [3.63, 3.8) is 0 Å². The molecule has 0 saturated heterocycles. The van der Waals surface area contributed by atoms with Crippen LogP contribution in [0.4, 0.5) is 0 Å². The number of fused-ring (bicyclic) bond motifs is 1. The van der Waals surface area contributed by atoms with Crippen LogP contribution in [-0.4, -0.2) is 11.2 Å². The zero-order valence-corrected chi connectivity index (χ0v) is 6.10. The second-order valence-electron chi connectivity index (χ2n) is 2.70. The summed E-state index contributed by atoms with van der Waals surface area (Å²) in [6, 6.07) is 0. The van der Waals surface area contributed by atoms with Crippen molar-refractivity contribution in [2.24, 2.45) is 0 Å². The molecule has 1 atom stereocenters. The minimum atomic E-state index is -0.326. The summed E-state index contributed by atoms with van der Waals surface area (Å²) in [5.74, 6) is 0. The number of hydrogen-bond donors (Lipinski definition) is 0. The first-order valence-electron chi connectivity index (χ1n) is 3.63. The highest BCUT2D eigenvalue weighted by Gasteiger charge is 2.20. The number of hydrogen-bond acceptors (Lipinski definition) is 1. The maximum absolute atomic E-state index is 11.8. The highest BCUT2D eigenvalue weighted by Crippen LogP contribution is 2.24. The fourth-order valence-electron chi connectivity index (χ4n) is 1.29. The van der Waals surface area contributed by atoms with Gasteiger partial charge in [-0.2, -0.15) is 0 Å². The van der Waals surface area contributed by atoms with Gasteiger partial charge in [-0.3, -0.25) is 4.65 Å². The molecule has 2 heterocycles. The van der Waals surface area contributed by atoms with E-state index >= 15 is 0 Å². The third-order valence-electron chi connectivity index (χ3n) is 1.92. The van der Waals surface area contributed by atoms with E-state index in [2.05, 4.69) is 0 Å². The van der Waals surface area contributed by atoms with E-state index in [1.54, 1.807) is 12.3 Å². The van der Waals surface area contributed by atoms with E-state index in [-0.39, 0.29) is 4.65 Å². The zero-order valence-electron chi connectivity index (χ0n) is 6.10. The topological polar surface area (TPSA) is 23.1 Å². The van der Waals surface area contributed by atoms with Crippen LogP contribution in [0.3, 0.4) is 0 Å². The lowest BCUT2D eigenvalue weighted by Crippen LogP contribution is -2.36. The molecule has 2 aliphatic rings. The molecule has 0 aromatic heterocycles. The summed E-state index contributed by atoms with van der Waals surface area (Å²) >= 11 is 0. The second kappa shape index (κ2) is 2.19. The number of hydroxylamine groups is 3. The Balaban J connectivity index is 2.45. The predicted molar refractivity (Wildman–Crippen MR) is 44.0 cm³/mol. The standard InChI is InChI=1S/C9H9NO/c11-10-7-3-1-5-9(10)6-2-4-8-10/h1-7H,8H2. The fraction of sp³-hybridized carbons (Fsp3) is 0.111. The first-order valence-corrected chi connectivity index (χ1v) is 3.63. The second-order valence-corrected chi connectivity index (χ2v) is 2.70. The third kappa shape index (κ3) is 0.964. The van der Waals surface area contributed by atoms with E-state index in [1.165, 1.54) is 0 Å². The van der Waals surface area contributed by atoms with Crippen molar-refractivity contribution >= 4 is 0 Å². The van der Waals surface area contributed by atoms with Crippen LogP contribution < -0.4 is 0 Å². The molecule has 2 aliphatic heterocycles.